The van der Waals surface area contributed by atoms with E-state index in [0.717, 1.165) is 18.7 Å². The first-order valence-electron chi connectivity index (χ1n) is 4.71. The minimum Gasteiger partial charge on any atom is -0.500 e. The molecule has 0 spiro atoms. The van der Waals surface area contributed by atoms with Crippen molar-refractivity contribution in [1.82, 2.24) is 5.32 Å². The van der Waals surface area contributed by atoms with Gasteiger partial charge in [-0.2, -0.15) is 0 Å². The Kier molecular flexibility index (Phi) is 6.33. The Bertz CT molecular complexity index is 204. The number of methoxy groups -OCH3 is 1. The van der Waals surface area contributed by atoms with Crippen molar-refractivity contribution < 1.29 is 4.74 Å². The first kappa shape index (κ1) is 12.2. The summed E-state index contributed by atoms with van der Waals surface area (Å²) in [5.74, 6) is 0.979. The average molecular weight is 183 g/mol. The SMILES string of the molecule is CCC(C)=C(C)/C=C(/CNC)OC. The van der Waals surface area contributed by atoms with Gasteiger partial charge in [0.1, 0.15) is 5.76 Å². The molecule has 0 aliphatic heterocycles. The van der Waals surface area contributed by atoms with E-state index in [1.807, 2.05) is 7.05 Å². The van der Waals surface area contributed by atoms with E-state index in [4.69, 9.17) is 4.74 Å². The highest BCUT2D eigenvalue weighted by atomic mass is 16.5. The van der Waals surface area contributed by atoms with Crippen LogP contribution >= 0.6 is 0 Å². The maximum Gasteiger partial charge on any atom is 0.110 e. The van der Waals surface area contributed by atoms with E-state index in [-0.39, 0.29) is 0 Å². The molecule has 0 aromatic heterocycles. The minimum absolute atomic E-state index is 0.783. The summed E-state index contributed by atoms with van der Waals surface area (Å²) in [6.07, 6.45) is 3.19. The van der Waals surface area contributed by atoms with Crippen molar-refractivity contribution in [3.8, 4) is 0 Å². The van der Waals surface area contributed by atoms with Crippen molar-refractivity contribution in [3.63, 3.8) is 0 Å². The summed E-state index contributed by atoms with van der Waals surface area (Å²) in [6.45, 7) is 7.22. The molecule has 0 amide bonds. The van der Waals surface area contributed by atoms with Gasteiger partial charge in [-0.25, -0.2) is 0 Å². The molecule has 1 N–H and O–H groups in total. The van der Waals surface area contributed by atoms with Gasteiger partial charge in [-0.3, -0.25) is 0 Å². The molecule has 0 heterocycles. The Morgan fingerprint density at radius 1 is 1.38 bits per heavy atom. The molecule has 0 aromatic rings. The van der Waals surface area contributed by atoms with E-state index in [9.17, 15) is 0 Å². The van der Waals surface area contributed by atoms with Gasteiger partial charge in [-0.05, 0) is 39.0 Å². The summed E-state index contributed by atoms with van der Waals surface area (Å²) in [4.78, 5) is 0. The van der Waals surface area contributed by atoms with Crippen LogP contribution in [0.5, 0.6) is 0 Å². The molecule has 0 fully saturated rings. The maximum atomic E-state index is 5.22. The number of rotatable bonds is 5. The van der Waals surface area contributed by atoms with Gasteiger partial charge in [-0.15, -0.1) is 0 Å². The number of likely N-dealkylation sites (N-methyl/N-ethyl adjacent to an activating group) is 1. The largest absolute Gasteiger partial charge is 0.500 e. The van der Waals surface area contributed by atoms with Gasteiger partial charge in [0.25, 0.3) is 0 Å². The fourth-order valence-corrected chi connectivity index (χ4v) is 1.000. The van der Waals surface area contributed by atoms with Crippen LogP contribution in [0.2, 0.25) is 0 Å². The predicted octanol–water partition coefficient (Wildman–Crippen LogP) is 2.48. The highest BCUT2D eigenvalue weighted by molar-refractivity contribution is 5.24. The van der Waals surface area contributed by atoms with Crippen LogP contribution in [0.25, 0.3) is 0 Å². The Balaban J connectivity index is 4.49. The van der Waals surface area contributed by atoms with Crippen molar-refractivity contribution in [1.29, 1.82) is 0 Å². The fourth-order valence-electron chi connectivity index (χ4n) is 1.000. The molecule has 2 heteroatoms. The van der Waals surface area contributed by atoms with Crippen LogP contribution in [0.1, 0.15) is 27.2 Å². The van der Waals surface area contributed by atoms with Gasteiger partial charge in [0.2, 0.25) is 0 Å². The monoisotopic (exact) mass is 183 g/mol. The highest BCUT2D eigenvalue weighted by Gasteiger charge is 1.96. The second kappa shape index (κ2) is 6.72. The smallest absolute Gasteiger partial charge is 0.110 e. The first-order chi connectivity index (χ1) is 6.15. The molecule has 2 nitrogen and oxygen atoms in total. The maximum absolute atomic E-state index is 5.22. The molecule has 0 saturated carbocycles. The van der Waals surface area contributed by atoms with Crippen LogP contribution in [0.15, 0.2) is 23.0 Å². The first-order valence-corrected chi connectivity index (χ1v) is 4.71. The van der Waals surface area contributed by atoms with Crippen molar-refractivity contribution >= 4 is 0 Å². The average Bonchev–Trinajstić information content (AvgIpc) is 2.15. The number of hydrogen-bond donors (Lipinski definition) is 1. The molecular formula is C11H21NO. The Labute approximate surface area is 81.7 Å². The van der Waals surface area contributed by atoms with Gasteiger partial charge in [-0.1, -0.05) is 12.5 Å². The second-order valence-electron chi connectivity index (χ2n) is 3.16. The molecule has 0 bridgehead atoms. The van der Waals surface area contributed by atoms with Crippen molar-refractivity contribution in [2.75, 3.05) is 20.7 Å². The summed E-state index contributed by atoms with van der Waals surface area (Å²) in [6, 6.07) is 0. The molecule has 0 radical (unpaired) electrons. The van der Waals surface area contributed by atoms with Gasteiger partial charge >= 0.3 is 0 Å². The summed E-state index contributed by atoms with van der Waals surface area (Å²) in [5.41, 5.74) is 2.71. The molecule has 0 atom stereocenters. The zero-order valence-electron chi connectivity index (χ0n) is 9.40. The summed E-state index contributed by atoms with van der Waals surface area (Å²) < 4.78 is 5.22. The van der Waals surface area contributed by atoms with E-state index >= 15 is 0 Å². The number of ether oxygens (including phenoxy) is 1. The molecule has 0 rings (SSSR count). The number of nitrogens with one attached hydrogen (secondary N) is 1. The topological polar surface area (TPSA) is 21.3 Å². The van der Waals surface area contributed by atoms with Gasteiger partial charge in [0.05, 0.1) is 13.7 Å². The summed E-state index contributed by atoms with van der Waals surface area (Å²) >= 11 is 0. The van der Waals surface area contributed by atoms with E-state index in [1.165, 1.54) is 11.1 Å². The van der Waals surface area contributed by atoms with E-state index < -0.39 is 0 Å². The molecule has 0 aliphatic carbocycles. The fraction of sp³-hybridized carbons (Fsp3) is 0.636. The van der Waals surface area contributed by atoms with E-state index in [2.05, 4.69) is 32.2 Å². The van der Waals surface area contributed by atoms with Crippen molar-refractivity contribution in [3.05, 3.63) is 23.0 Å². The molecule has 0 unspecified atom stereocenters. The second-order valence-corrected chi connectivity index (χ2v) is 3.16. The number of hydrogen-bond acceptors (Lipinski definition) is 2. The third kappa shape index (κ3) is 4.73. The lowest BCUT2D eigenvalue weighted by Crippen LogP contribution is -2.11. The minimum atomic E-state index is 0.783. The predicted molar refractivity (Wildman–Crippen MR) is 57.7 cm³/mol. The summed E-state index contributed by atoms with van der Waals surface area (Å²) in [7, 11) is 3.62. The third-order valence-corrected chi connectivity index (χ3v) is 2.19. The summed E-state index contributed by atoms with van der Waals surface area (Å²) in [5, 5.41) is 3.07. The van der Waals surface area contributed by atoms with Crippen molar-refractivity contribution in [2.45, 2.75) is 27.2 Å². The lowest BCUT2D eigenvalue weighted by atomic mass is 10.1. The van der Waals surface area contributed by atoms with Crippen LogP contribution in [-0.4, -0.2) is 20.7 Å². The normalized spacial score (nSPS) is 14.1. The Morgan fingerprint density at radius 3 is 2.38 bits per heavy atom. The molecule has 0 aliphatic rings. The van der Waals surface area contributed by atoms with Crippen LogP contribution in [-0.2, 0) is 4.74 Å². The van der Waals surface area contributed by atoms with E-state index in [0.29, 0.717) is 0 Å². The lowest BCUT2D eigenvalue weighted by Gasteiger charge is -2.06. The quantitative estimate of drug-likeness (QED) is 0.522. The van der Waals surface area contributed by atoms with Crippen LogP contribution < -0.4 is 5.32 Å². The van der Waals surface area contributed by atoms with Crippen LogP contribution in [0, 0.1) is 0 Å². The lowest BCUT2D eigenvalue weighted by molar-refractivity contribution is 0.281. The van der Waals surface area contributed by atoms with Gasteiger partial charge in [0.15, 0.2) is 0 Å². The molecule has 0 saturated heterocycles. The zero-order valence-corrected chi connectivity index (χ0v) is 9.40. The van der Waals surface area contributed by atoms with Gasteiger partial charge < -0.3 is 10.1 Å². The van der Waals surface area contributed by atoms with E-state index in [1.54, 1.807) is 7.11 Å². The molecular weight excluding hydrogens is 162 g/mol. The molecule has 13 heavy (non-hydrogen) atoms. The zero-order chi connectivity index (χ0) is 10.3. The molecule has 0 aromatic carbocycles. The number of allylic oxidation sites excluding steroid dienone is 3. The Hall–Kier alpha value is -0.760. The van der Waals surface area contributed by atoms with Gasteiger partial charge in [0, 0.05) is 0 Å². The third-order valence-electron chi connectivity index (χ3n) is 2.19. The highest BCUT2D eigenvalue weighted by Crippen LogP contribution is 2.10. The molecule has 76 valence electrons. The standard InChI is InChI=1S/C11H21NO/c1-6-9(2)10(3)7-11(13-5)8-12-4/h7,12H,6,8H2,1-5H3/b10-9?,11-7-. The van der Waals surface area contributed by atoms with Crippen molar-refractivity contribution in [2.24, 2.45) is 0 Å². The Morgan fingerprint density at radius 2 is 2.00 bits per heavy atom. The van der Waals surface area contributed by atoms with Crippen LogP contribution in [0.3, 0.4) is 0 Å². The van der Waals surface area contributed by atoms with Crippen LogP contribution in [0.4, 0.5) is 0 Å².